The minimum absolute atomic E-state index is 0.772. The number of rotatable bonds is 4. The molecular formula is C13H17N3S. The molecule has 0 aromatic carbocycles. The number of aromatic nitrogens is 2. The molecule has 3 nitrogen and oxygen atoms in total. The third-order valence-corrected chi connectivity index (χ3v) is 4.07. The van der Waals surface area contributed by atoms with Gasteiger partial charge in [0.15, 0.2) is 4.96 Å². The van der Waals surface area contributed by atoms with Gasteiger partial charge in [-0.2, -0.15) is 0 Å². The van der Waals surface area contributed by atoms with Gasteiger partial charge in [-0.3, -0.25) is 4.40 Å². The van der Waals surface area contributed by atoms with Crippen LogP contribution in [0.5, 0.6) is 0 Å². The molecule has 2 aromatic heterocycles. The van der Waals surface area contributed by atoms with Crippen molar-refractivity contribution in [3.05, 3.63) is 28.5 Å². The first-order valence-corrected chi connectivity index (χ1v) is 6.97. The minimum Gasteiger partial charge on any atom is -0.311 e. The average Bonchev–Trinajstić information content (AvgIpc) is 2.99. The fourth-order valence-corrected chi connectivity index (χ4v) is 2.93. The molecule has 0 spiro atoms. The summed E-state index contributed by atoms with van der Waals surface area (Å²) in [5, 5.41) is 5.64. The van der Waals surface area contributed by atoms with Crippen LogP contribution in [0.25, 0.3) is 11.0 Å². The van der Waals surface area contributed by atoms with Crippen LogP contribution in [0, 0.1) is 13.8 Å². The predicted octanol–water partition coefficient (Wildman–Crippen LogP) is 2.78. The van der Waals surface area contributed by atoms with Crippen molar-refractivity contribution < 1.29 is 0 Å². The van der Waals surface area contributed by atoms with Crippen LogP contribution in [0.1, 0.15) is 29.9 Å². The number of thiazole rings is 1. The van der Waals surface area contributed by atoms with E-state index in [9.17, 15) is 0 Å². The van der Waals surface area contributed by atoms with Gasteiger partial charge < -0.3 is 5.32 Å². The number of imidazole rings is 1. The van der Waals surface area contributed by atoms with Gasteiger partial charge in [-0.1, -0.05) is 6.08 Å². The number of aryl methyl sites for hydroxylation is 2. The van der Waals surface area contributed by atoms with E-state index in [-0.39, 0.29) is 0 Å². The average molecular weight is 247 g/mol. The Balaban J connectivity index is 1.82. The topological polar surface area (TPSA) is 29.3 Å². The van der Waals surface area contributed by atoms with Gasteiger partial charge in [0.2, 0.25) is 0 Å². The molecule has 0 atom stereocenters. The second-order valence-electron chi connectivity index (χ2n) is 4.66. The van der Waals surface area contributed by atoms with Crippen molar-refractivity contribution in [2.45, 2.75) is 32.7 Å². The third-order valence-electron chi connectivity index (χ3n) is 3.13. The summed E-state index contributed by atoms with van der Waals surface area (Å²) in [5.74, 6) is 0. The summed E-state index contributed by atoms with van der Waals surface area (Å²) in [5.41, 5.74) is 3.60. The van der Waals surface area contributed by atoms with E-state index in [1.807, 2.05) is 0 Å². The largest absolute Gasteiger partial charge is 0.311 e. The van der Waals surface area contributed by atoms with Gasteiger partial charge in [-0.25, -0.2) is 4.98 Å². The lowest BCUT2D eigenvalue weighted by molar-refractivity contribution is 0.754. The zero-order valence-corrected chi connectivity index (χ0v) is 11.0. The van der Waals surface area contributed by atoms with E-state index in [1.54, 1.807) is 11.3 Å². The molecule has 1 aliphatic rings. The van der Waals surface area contributed by atoms with E-state index >= 15 is 0 Å². The number of nitrogens with one attached hydrogen (secondary N) is 1. The molecule has 3 rings (SSSR count). The molecule has 2 aromatic rings. The van der Waals surface area contributed by atoms with Crippen molar-refractivity contribution in [2.24, 2.45) is 0 Å². The number of hydrogen-bond donors (Lipinski definition) is 1. The highest BCUT2D eigenvalue weighted by Crippen LogP contribution is 2.21. The maximum Gasteiger partial charge on any atom is 0.194 e. The summed E-state index contributed by atoms with van der Waals surface area (Å²) in [6.07, 6.45) is 7.07. The predicted molar refractivity (Wildman–Crippen MR) is 72.6 cm³/mol. The van der Waals surface area contributed by atoms with Crippen LogP contribution in [-0.2, 0) is 0 Å². The van der Waals surface area contributed by atoms with Gasteiger partial charge >= 0.3 is 0 Å². The molecule has 90 valence electrons. The molecule has 1 saturated carbocycles. The number of nitrogens with zero attached hydrogens (tertiary/aromatic N) is 2. The first-order valence-electron chi connectivity index (χ1n) is 6.09. The SMILES string of the molecule is Cc1nc2scc(C)n2c1C=CCNC1CC1. The zero-order valence-electron chi connectivity index (χ0n) is 10.2. The summed E-state index contributed by atoms with van der Waals surface area (Å²) in [6.45, 7) is 5.16. The number of hydrogen-bond acceptors (Lipinski definition) is 3. The van der Waals surface area contributed by atoms with Crippen LogP contribution in [0.15, 0.2) is 11.5 Å². The molecule has 0 amide bonds. The zero-order chi connectivity index (χ0) is 11.8. The molecule has 0 unspecified atom stereocenters. The maximum absolute atomic E-state index is 4.57. The highest BCUT2D eigenvalue weighted by molar-refractivity contribution is 7.15. The van der Waals surface area contributed by atoms with Crippen molar-refractivity contribution in [1.82, 2.24) is 14.7 Å². The normalized spacial score (nSPS) is 16.4. The van der Waals surface area contributed by atoms with E-state index in [0.29, 0.717) is 0 Å². The Hall–Kier alpha value is -1.13. The Kier molecular flexibility index (Phi) is 2.76. The van der Waals surface area contributed by atoms with Crippen molar-refractivity contribution >= 4 is 22.4 Å². The lowest BCUT2D eigenvalue weighted by Crippen LogP contribution is -2.15. The second kappa shape index (κ2) is 4.27. The minimum atomic E-state index is 0.772. The van der Waals surface area contributed by atoms with Crippen LogP contribution in [0.2, 0.25) is 0 Å². The molecular weight excluding hydrogens is 230 g/mol. The first kappa shape index (κ1) is 11.0. The van der Waals surface area contributed by atoms with Gasteiger partial charge in [0, 0.05) is 23.7 Å². The Morgan fingerprint density at radius 3 is 3.12 bits per heavy atom. The Labute approximate surface area is 105 Å². The maximum atomic E-state index is 4.57. The van der Waals surface area contributed by atoms with E-state index in [4.69, 9.17) is 0 Å². The van der Waals surface area contributed by atoms with Crippen molar-refractivity contribution in [3.8, 4) is 0 Å². The molecule has 1 aliphatic carbocycles. The van der Waals surface area contributed by atoms with Crippen molar-refractivity contribution in [1.29, 1.82) is 0 Å². The fraction of sp³-hybridized carbons (Fsp3) is 0.462. The van der Waals surface area contributed by atoms with Crippen molar-refractivity contribution in [2.75, 3.05) is 6.54 Å². The van der Waals surface area contributed by atoms with Gasteiger partial charge in [-0.15, -0.1) is 11.3 Å². The van der Waals surface area contributed by atoms with Crippen LogP contribution >= 0.6 is 11.3 Å². The highest BCUT2D eigenvalue weighted by atomic mass is 32.1. The molecule has 1 N–H and O–H groups in total. The lowest BCUT2D eigenvalue weighted by Gasteiger charge is -1.98. The molecule has 17 heavy (non-hydrogen) atoms. The Bertz CT molecular complexity index is 560. The van der Waals surface area contributed by atoms with Gasteiger partial charge in [0.1, 0.15) is 0 Å². The van der Waals surface area contributed by atoms with Gasteiger partial charge in [0.05, 0.1) is 11.4 Å². The molecule has 0 aliphatic heterocycles. The first-order chi connectivity index (χ1) is 8.25. The monoisotopic (exact) mass is 247 g/mol. The molecule has 0 saturated heterocycles. The van der Waals surface area contributed by atoms with Crippen LogP contribution in [0.3, 0.4) is 0 Å². The van der Waals surface area contributed by atoms with Gasteiger partial charge in [0.25, 0.3) is 0 Å². The summed E-state index contributed by atoms with van der Waals surface area (Å²) in [4.78, 5) is 5.66. The highest BCUT2D eigenvalue weighted by Gasteiger charge is 2.19. The Morgan fingerprint density at radius 2 is 2.35 bits per heavy atom. The summed E-state index contributed by atoms with van der Waals surface area (Å²) >= 11 is 1.71. The summed E-state index contributed by atoms with van der Waals surface area (Å²) < 4.78 is 2.23. The molecule has 1 fully saturated rings. The van der Waals surface area contributed by atoms with E-state index < -0.39 is 0 Å². The van der Waals surface area contributed by atoms with E-state index in [1.165, 1.54) is 24.2 Å². The van der Waals surface area contributed by atoms with Crippen molar-refractivity contribution in [3.63, 3.8) is 0 Å². The summed E-state index contributed by atoms with van der Waals surface area (Å²) in [6, 6.07) is 0.772. The van der Waals surface area contributed by atoms with E-state index in [2.05, 4.69) is 46.1 Å². The van der Waals surface area contributed by atoms with Crippen LogP contribution < -0.4 is 5.32 Å². The quantitative estimate of drug-likeness (QED) is 0.900. The standard InChI is InChI=1S/C13H17N3S/c1-9-8-17-13-15-10(2)12(16(9)13)4-3-7-14-11-5-6-11/h3-4,8,11,14H,5-7H2,1-2H3. The molecule has 0 bridgehead atoms. The fourth-order valence-electron chi connectivity index (χ4n) is 2.01. The molecule has 0 radical (unpaired) electrons. The van der Waals surface area contributed by atoms with Crippen LogP contribution in [-0.4, -0.2) is 22.0 Å². The smallest absolute Gasteiger partial charge is 0.194 e. The second-order valence-corrected chi connectivity index (χ2v) is 5.50. The molecule has 2 heterocycles. The molecule has 4 heteroatoms. The number of fused-ring (bicyclic) bond motifs is 1. The lowest BCUT2D eigenvalue weighted by atomic mass is 10.3. The van der Waals surface area contributed by atoms with Crippen LogP contribution in [0.4, 0.5) is 0 Å². The summed E-state index contributed by atoms with van der Waals surface area (Å²) in [7, 11) is 0. The van der Waals surface area contributed by atoms with Gasteiger partial charge in [-0.05, 0) is 32.8 Å². The Morgan fingerprint density at radius 1 is 1.53 bits per heavy atom. The third kappa shape index (κ3) is 2.15. The van der Waals surface area contributed by atoms with E-state index in [0.717, 1.165) is 23.2 Å².